The summed E-state index contributed by atoms with van der Waals surface area (Å²) in [5, 5.41) is 12.1. The topological polar surface area (TPSA) is 141 Å². The third-order valence-corrected chi connectivity index (χ3v) is 5.83. The van der Waals surface area contributed by atoms with Crippen LogP contribution in [-0.2, 0) is 6.54 Å². The van der Waals surface area contributed by atoms with E-state index < -0.39 is 0 Å². The number of pyridine rings is 1. The summed E-state index contributed by atoms with van der Waals surface area (Å²) in [5.41, 5.74) is 2.60. The highest BCUT2D eigenvalue weighted by Gasteiger charge is 2.15. The van der Waals surface area contributed by atoms with Gasteiger partial charge in [0.2, 0.25) is 11.7 Å². The maximum Gasteiger partial charge on any atom is 0.319 e. The van der Waals surface area contributed by atoms with Crippen molar-refractivity contribution in [3.8, 4) is 23.0 Å². The van der Waals surface area contributed by atoms with Gasteiger partial charge in [-0.05, 0) is 23.8 Å². The number of methoxy groups -OCH3 is 4. The molecular formula is C27H28ClN7O5. The van der Waals surface area contributed by atoms with Gasteiger partial charge < -0.3 is 40.2 Å². The van der Waals surface area contributed by atoms with Crippen molar-refractivity contribution in [2.24, 2.45) is 0 Å². The molecule has 0 bridgehead atoms. The third-order valence-electron chi connectivity index (χ3n) is 5.55. The Balaban J connectivity index is 1.47. The number of amides is 2. The molecule has 0 saturated carbocycles. The molecule has 40 heavy (non-hydrogen) atoms. The van der Waals surface area contributed by atoms with E-state index in [-0.39, 0.29) is 12.0 Å². The molecule has 2 amide bonds. The van der Waals surface area contributed by atoms with Gasteiger partial charge in [0.1, 0.15) is 10.8 Å². The molecule has 4 rings (SSSR count). The van der Waals surface area contributed by atoms with Gasteiger partial charge in [0.25, 0.3) is 0 Å². The molecule has 2 heterocycles. The van der Waals surface area contributed by atoms with E-state index in [1.807, 2.05) is 12.1 Å². The molecule has 13 heteroatoms. The summed E-state index contributed by atoms with van der Waals surface area (Å²) >= 11 is 6.37. The summed E-state index contributed by atoms with van der Waals surface area (Å²) in [6.45, 7) is 0.344. The molecule has 12 nitrogen and oxygen atoms in total. The van der Waals surface area contributed by atoms with E-state index in [4.69, 9.17) is 30.5 Å². The van der Waals surface area contributed by atoms with E-state index in [9.17, 15) is 4.79 Å². The molecule has 0 aliphatic heterocycles. The Morgan fingerprint density at radius 2 is 1.60 bits per heavy atom. The van der Waals surface area contributed by atoms with Gasteiger partial charge in [0, 0.05) is 48.5 Å². The lowest BCUT2D eigenvalue weighted by molar-refractivity contribution is 0.251. The van der Waals surface area contributed by atoms with Crippen molar-refractivity contribution in [3.63, 3.8) is 0 Å². The lowest BCUT2D eigenvalue weighted by Crippen LogP contribution is -2.28. The zero-order valence-electron chi connectivity index (χ0n) is 22.2. The highest BCUT2D eigenvalue weighted by atomic mass is 35.5. The number of hydrogen-bond donors (Lipinski definition) is 4. The predicted molar refractivity (Wildman–Crippen MR) is 153 cm³/mol. The molecule has 2 aromatic carbocycles. The minimum atomic E-state index is -0.366. The number of halogens is 1. The number of carbonyl (C=O) groups excluding carboxylic acids is 1. The van der Waals surface area contributed by atoms with Gasteiger partial charge in [-0.1, -0.05) is 17.7 Å². The van der Waals surface area contributed by atoms with Crippen molar-refractivity contribution in [1.29, 1.82) is 0 Å². The molecule has 0 atom stereocenters. The Kier molecular flexibility index (Phi) is 9.26. The Labute approximate surface area is 236 Å². The highest BCUT2D eigenvalue weighted by Crippen LogP contribution is 2.41. The zero-order valence-corrected chi connectivity index (χ0v) is 23.0. The smallest absolute Gasteiger partial charge is 0.319 e. The molecule has 0 unspecified atom stereocenters. The van der Waals surface area contributed by atoms with Crippen LogP contribution in [0.5, 0.6) is 23.0 Å². The molecule has 2 aromatic heterocycles. The largest absolute Gasteiger partial charge is 0.494 e. The predicted octanol–water partition coefficient (Wildman–Crippen LogP) is 5.37. The van der Waals surface area contributed by atoms with Crippen LogP contribution in [0, 0.1) is 0 Å². The maximum atomic E-state index is 12.3. The molecule has 0 saturated heterocycles. The lowest BCUT2D eigenvalue weighted by atomic mass is 10.2. The van der Waals surface area contributed by atoms with E-state index >= 15 is 0 Å². The molecule has 0 spiro atoms. The molecule has 4 N–H and O–H groups in total. The monoisotopic (exact) mass is 565 g/mol. The van der Waals surface area contributed by atoms with Gasteiger partial charge in [0.15, 0.2) is 17.3 Å². The van der Waals surface area contributed by atoms with Crippen LogP contribution in [0.25, 0.3) is 0 Å². The first-order valence-corrected chi connectivity index (χ1v) is 12.3. The van der Waals surface area contributed by atoms with Gasteiger partial charge in [-0.2, -0.15) is 4.98 Å². The Morgan fingerprint density at radius 3 is 2.25 bits per heavy atom. The van der Waals surface area contributed by atoms with E-state index in [0.29, 0.717) is 57.4 Å². The number of anilines is 5. The fourth-order valence-corrected chi connectivity index (χ4v) is 3.80. The second-order valence-corrected chi connectivity index (χ2v) is 8.55. The molecule has 0 aliphatic rings. The number of rotatable bonds is 11. The van der Waals surface area contributed by atoms with E-state index in [1.165, 1.54) is 34.6 Å². The van der Waals surface area contributed by atoms with Crippen molar-refractivity contribution < 1.29 is 23.7 Å². The Bertz CT molecular complexity index is 1450. The summed E-state index contributed by atoms with van der Waals surface area (Å²) in [6.07, 6.45) is 4.83. The zero-order chi connectivity index (χ0) is 28.5. The van der Waals surface area contributed by atoms with E-state index in [0.717, 1.165) is 5.56 Å². The van der Waals surface area contributed by atoms with Crippen molar-refractivity contribution in [2.45, 2.75) is 6.54 Å². The molecular weight excluding hydrogens is 538 g/mol. The van der Waals surface area contributed by atoms with Crippen molar-refractivity contribution in [2.75, 3.05) is 44.4 Å². The van der Waals surface area contributed by atoms with Crippen LogP contribution in [0.2, 0.25) is 5.02 Å². The van der Waals surface area contributed by atoms with Crippen LogP contribution in [0.3, 0.4) is 0 Å². The normalized spacial score (nSPS) is 10.3. The number of nitrogens with zero attached hydrogens (tertiary/aromatic N) is 3. The summed E-state index contributed by atoms with van der Waals surface area (Å²) in [6, 6.07) is 11.9. The number of ether oxygens (including phenoxy) is 4. The standard InChI is InChI=1S/C27H28ClN7O5/c1-37-21-10-17(33-27(36)31-14-16-6-5-9-29-13-16)7-8-20(21)34-26-30-15-19(28)25(35-26)32-18-11-22(38-2)24(40-4)23(12-18)39-3/h5-13,15H,14H2,1-4H3,(H2,31,33,36)(H2,30,32,34,35). The van der Waals surface area contributed by atoms with Crippen molar-refractivity contribution in [1.82, 2.24) is 20.3 Å². The summed E-state index contributed by atoms with van der Waals surface area (Å²) in [4.78, 5) is 25.1. The Hall–Kier alpha value is -4.97. The number of nitrogens with one attached hydrogen (secondary N) is 4. The minimum Gasteiger partial charge on any atom is -0.494 e. The van der Waals surface area contributed by atoms with E-state index in [2.05, 4.69) is 36.2 Å². The van der Waals surface area contributed by atoms with E-state index in [1.54, 1.807) is 42.7 Å². The molecule has 208 valence electrons. The first-order valence-electron chi connectivity index (χ1n) is 11.9. The fourth-order valence-electron chi connectivity index (χ4n) is 3.66. The van der Waals surface area contributed by atoms with Gasteiger partial charge >= 0.3 is 6.03 Å². The quantitative estimate of drug-likeness (QED) is 0.187. The average molecular weight is 566 g/mol. The van der Waals surface area contributed by atoms with Gasteiger partial charge in [-0.15, -0.1) is 0 Å². The number of carbonyl (C=O) groups is 1. The fraction of sp³-hybridized carbons (Fsp3) is 0.185. The van der Waals surface area contributed by atoms with Crippen molar-refractivity contribution in [3.05, 3.63) is 71.6 Å². The first kappa shape index (κ1) is 28.0. The summed E-state index contributed by atoms with van der Waals surface area (Å²) in [5.74, 6) is 2.46. The van der Waals surface area contributed by atoms with Crippen molar-refractivity contribution >= 4 is 46.5 Å². The van der Waals surface area contributed by atoms with Crippen LogP contribution in [0.15, 0.2) is 61.1 Å². The summed E-state index contributed by atoms with van der Waals surface area (Å²) in [7, 11) is 6.11. The Morgan fingerprint density at radius 1 is 0.875 bits per heavy atom. The first-order chi connectivity index (χ1) is 19.4. The summed E-state index contributed by atoms with van der Waals surface area (Å²) < 4.78 is 21.7. The minimum absolute atomic E-state index is 0.257. The molecule has 0 radical (unpaired) electrons. The lowest BCUT2D eigenvalue weighted by Gasteiger charge is -2.16. The number of aromatic nitrogens is 3. The van der Waals surface area contributed by atoms with Gasteiger partial charge in [-0.3, -0.25) is 4.98 Å². The van der Waals surface area contributed by atoms with Crippen LogP contribution in [0.4, 0.5) is 33.6 Å². The molecule has 0 fully saturated rings. The van der Waals surface area contributed by atoms with Crippen LogP contribution in [0.1, 0.15) is 5.56 Å². The third kappa shape index (κ3) is 6.91. The van der Waals surface area contributed by atoms with Crippen LogP contribution < -0.4 is 40.2 Å². The maximum absolute atomic E-state index is 12.3. The number of urea groups is 1. The van der Waals surface area contributed by atoms with Gasteiger partial charge in [0.05, 0.1) is 40.3 Å². The highest BCUT2D eigenvalue weighted by molar-refractivity contribution is 6.32. The number of hydrogen-bond acceptors (Lipinski definition) is 10. The van der Waals surface area contributed by atoms with Gasteiger partial charge in [-0.25, -0.2) is 9.78 Å². The SMILES string of the molecule is COc1cc(NC(=O)NCc2cccnc2)ccc1Nc1ncc(Cl)c(Nc2cc(OC)c(OC)c(OC)c2)n1. The second-order valence-electron chi connectivity index (χ2n) is 8.14. The average Bonchev–Trinajstić information content (AvgIpc) is 2.98. The molecule has 4 aromatic rings. The second kappa shape index (κ2) is 13.2. The van der Waals surface area contributed by atoms with Crippen LogP contribution >= 0.6 is 11.6 Å². The van der Waals surface area contributed by atoms with Crippen LogP contribution in [-0.4, -0.2) is 49.4 Å². The number of benzene rings is 2. The molecule has 0 aliphatic carbocycles.